The van der Waals surface area contributed by atoms with Crippen LogP contribution in [0.2, 0.25) is 0 Å². The minimum absolute atomic E-state index is 0.334. The largest absolute Gasteiger partial charge is 0.497 e. The number of nitrogens with zero attached hydrogens (tertiary/aromatic N) is 1. The van der Waals surface area contributed by atoms with Gasteiger partial charge in [0.15, 0.2) is 0 Å². The maximum atomic E-state index is 5.69. The van der Waals surface area contributed by atoms with Gasteiger partial charge in [0.05, 0.1) is 18.4 Å². The molecule has 4 heteroatoms. The second-order valence-electron chi connectivity index (χ2n) is 3.24. The summed E-state index contributed by atoms with van der Waals surface area (Å²) in [7, 11) is 1.63. The number of aromatic nitrogens is 1. The summed E-state index contributed by atoms with van der Waals surface area (Å²) in [4.78, 5) is 0. The fourth-order valence-corrected chi connectivity index (χ4v) is 1.52. The summed E-state index contributed by atoms with van der Waals surface area (Å²) in [6, 6.07) is 7.62. The quantitative estimate of drug-likeness (QED) is 0.814. The van der Waals surface area contributed by atoms with Gasteiger partial charge in [0.2, 0.25) is 5.88 Å². The topological polar surface area (TPSA) is 61.3 Å². The molecule has 1 aromatic carbocycles. The molecule has 0 atom stereocenters. The van der Waals surface area contributed by atoms with Crippen LogP contribution >= 0.6 is 0 Å². The monoisotopic (exact) mass is 204 g/mol. The summed E-state index contributed by atoms with van der Waals surface area (Å²) in [6.45, 7) is 1.86. The summed E-state index contributed by atoms with van der Waals surface area (Å²) >= 11 is 0. The second kappa shape index (κ2) is 3.65. The lowest BCUT2D eigenvalue weighted by molar-refractivity contribution is 0.415. The highest BCUT2D eigenvalue weighted by molar-refractivity contribution is 5.75. The molecular formula is C11H12N2O2. The van der Waals surface area contributed by atoms with Crippen LogP contribution in [0.1, 0.15) is 5.69 Å². The lowest BCUT2D eigenvalue weighted by atomic mass is 10.1. The smallest absolute Gasteiger partial charge is 0.230 e. The molecule has 0 saturated heterocycles. The van der Waals surface area contributed by atoms with Gasteiger partial charge in [-0.3, -0.25) is 0 Å². The van der Waals surface area contributed by atoms with Crippen LogP contribution in [0, 0.1) is 6.92 Å². The Morgan fingerprint density at radius 2 is 2.20 bits per heavy atom. The van der Waals surface area contributed by atoms with Crippen LogP contribution < -0.4 is 10.5 Å². The first kappa shape index (κ1) is 9.58. The van der Waals surface area contributed by atoms with Crippen molar-refractivity contribution in [3.63, 3.8) is 0 Å². The third kappa shape index (κ3) is 1.66. The SMILES string of the molecule is COc1cccc(-c2c(C)noc2N)c1. The molecule has 2 N–H and O–H groups in total. The predicted molar refractivity (Wildman–Crippen MR) is 57.6 cm³/mol. The zero-order valence-corrected chi connectivity index (χ0v) is 8.65. The van der Waals surface area contributed by atoms with Crippen LogP contribution in [0.5, 0.6) is 5.75 Å². The van der Waals surface area contributed by atoms with E-state index in [1.807, 2.05) is 31.2 Å². The molecule has 0 unspecified atom stereocenters. The molecule has 0 aliphatic rings. The third-order valence-electron chi connectivity index (χ3n) is 2.25. The molecule has 0 aliphatic heterocycles. The molecule has 0 radical (unpaired) electrons. The maximum absolute atomic E-state index is 5.69. The van der Waals surface area contributed by atoms with E-state index in [-0.39, 0.29) is 0 Å². The highest BCUT2D eigenvalue weighted by Gasteiger charge is 2.12. The van der Waals surface area contributed by atoms with Crippen molar-refractivity contribution in [2.45, 2.75) is 6.92 Å². The van der Waals surface area contributed by atoms with Crippen molar-refractivity contribution in [1.29, 1.82) is 0 Å². The Labute approximate surface area is 87.6 Å². The first-order valence-electron chi connectivity index (χ1n) is 4.58. The molecule has 0 saturated carbocycles. The summed E-state index contributed by atoms with van der Waals surface area (Å²) in [5.41, 5.74) is 8.25. The standard InChI is InChI=1S/C11H12N2O2/c1-7-10(11(12)15-13-7)8-4-3-5-9(6-8)14-2/h3-6H,12H2,1-2H3. The van der Waals surface area contributed by atoms with Crippen LogP contribution in [0.3, 0.4) is 0 Å². The molecule has 0 aliphatic carbocycles. The molecule has 15 heavy (non-hydrogen) atoms. The van der Waals surface area contributed by atoms with Crippen molar-refractivity contribution in [2.24, 2.45) is 0 Å². The van der Waals surface area contributed by atoms with Crippen molar-refractivity contribution in [2.75, 3.05) is 12.8 Å². The third-order valence-corrected chi connectivity index (χ3v) is 2.25. The van der Waals surface area contributed by atoms with Gasteiger partial charge < -0.3 is 15.0 Å². The molecule has 78 valence electrons. The zero-order chi connectivity index (χ0) is 10.8. The molecule has 2 rings (SSSR count). The van der Waals surface area contributed by atoms with Gasteiger partial charge in [-0.2, -0.15) is 0 Å². The van der Waals surface area contributed by atoms with Crippen molar-refractivity contribution in [1.82, 2.24) is 5.16 Å². The second-order valence-corrected chi connectivity index (χ2v) is 3.24. The fraction of sp³-hybridized carbons (Fsp3) is 0.182. The molecule has 0 bridgehead atoms. The predicted octanol–water partition coefficient (Wildman–Crippen LogP) is 2.24. The van der Waals surface area contributed by atoms with Crippen molar-refractivity contribution >= 4 is 5.88 Å². The number of hydrogen-bond acceptors (Lipinski definition) is 4. The Morgan fingerprint density at radius 3 is 2.80 bits per heavy atom. The molecule has 1 heterocycles. The summed E-state index contributed by atoms with van der Waals surface area (Å²) < 4.78 is 10.1. The minimum Gasteiger partial charge on any atom is -0.497 e. The van der Waals surface area contributed by atoms with E-state index in [9.17, 15) is 0 Å². The van der Waals surface area contributed by atoms with Gasteiger partial charge in [0.25, 0.3) is 0 Å². The van der Waals surface area contributed by atoms with Crippen LogP contribution in [0.15, 0.2) is 28.8 Å². The number of anilines is 1. The maximum Gasteiger partial charge on any atom is 0.230 e. The lowest BCUT2D eigenvalue weighted by Gasteiger charge is -2.03. The number of methoxy groups -OCH3 is 1. The van der Waals surface area contributed by atoms with E-state index in [2.05, 4.69) is 5.16 Å². The van der Waals surface area contributed by atoms with Crippen LogP contribution in [0.25, 0.3) is 11.1 Å². The fourth-order valence-electron chi connectivity index (χ4n) is 1.52. The number of benzene rings is 1. The average molecular weight is 204 g/mol. The van der Waals surface area contributed by atoms with Gasteiger partial charge in [0, 0.05) is 0 Å². The Bertz CT molecular complexity index is 458. The molecule has 4 nitrogen and oxygen atoms in total. The van der Waals surface area contributed by atoms with Gasteiger partial charge in [-0.05, 0) is 24.6 Å². The van der Waals surface area contributed by atoms with Crippen molar-refractivity contribution < 1.29 is 9.26 Å². The van der Waals surface area contributed by atoms with E-state index in [4.69, 9.17) is 15.0 Å². The van der Waals surface area contributed by atoms with Gasteiger partial charge >= 0.3 is 0 Å². The van der Waals surface area contributed by atoms with Gasteiger partial charge in [0.1, 0.15) is 5.75 Å². The normalized spacial score (nSPS) is 10.3. The first-order chi connectivity index (χ1) is 7.22. The van der Waals surface area contributed by atoms with Crippen LogP contribution in [-0.4, -0.2) is 12.3 Å². The molecule has 0 amide bonds. The van der Waals surface area contributed by atoms with Crippen molar-refractivity contribution in [3.05, 3.63) is 30.0 Å². The summed E-state index contributed by atoms with van der Waals surface area (Å²) in [6.07, 6.45) is 0. The van der Waals surface area contributed by atoms with Gasteiger partial charge in [-0.15, -0.1) is 0 Å². The lowest BCUT2D eigenvalue weighted by Crippen LogP contribution is -1.88. The first-order valence-corrected chi connectivity index (χ1v) is 4.58. The molecular weight excluding hydrogens is 192 g/mol. The van der Waals surface area contributed by atoms with Crippen LogP contribution in [-0.2, 0) is 0 Å². The Kier molecular flexibility index (Phi) is 2.33. The van der Waals surface area contributed by atoms with E-state index < -0.39 is 0 Å². The summed E-state index contributed by atoms with van der Waals surface area (Å²) in [5.74, 6) is 1.12. The average Bonchev–Trinajstić information content (AvgIpc) is 2.59. The number of nitrogens with two attached hydrogens (primary N) is 1. The van der Waals surface area contributed by atoms with E-state index in [0.29, 0.717) is 5.88 Å². The molecule has 2 aromatic rings. The van der Waals surface area contributed by atoms with Gasteiger partial charge in [-0.25, -0.2) is 0 Å². The molecule has 0 fully saturated rings. The number of rotatable bonds is 2. The Morgan fingerprint density at radius 1 is 1.40 bits per heavy atom. The van der Waals surface area contributed by atoms with E-state index >= 15 is 0 Å². The van der Waals surface area contributed by atoms with E-state index in [1.54, 1.807) is 7.11 Å². The molecule has 0 spiro atoms. The van der Waals surface area contributed by atoms with Crippen molar-refractivity contribution in [3.8, 4) is 16.9 Å². The summed E-state index contributed by atoms with van der Waals surface area (Å²) in [5, 5.41) is 3.81. The minimum atomic E-state index is 0.334. The molecule has 1 aromatic heterocycles. The number of nitrogen functional groups attached to an aromatic ring is 1. The number of ether oxygens (including phenoxy) is 1. The highest BCUT2D eigenvalue weighted by atomic mass is 16.5. The Hall–Kier alpha value is -1.97. The number of aryl methyl sites for hydroxylation is 1. The van der Waals surface area contributed by atoms with Gasteiger partial charge in [-0.1, -0.05) is 17.3 Å². The van der Waals surface area contributed by atoms with E-state index in [0.717, 1.165) is 22.6 Å². The number of hydrogen-bond donors (Lipinski definition) is 1. The van der Waals surface area contributed by atoms with Crippen LogP contribution in [0.4, 0.5) is 5.88 Å². The zero-order valence-electron chi connectivity index (χ0n) is 8.65. The highest BCUT2D eigenvalue weighted by Crippen LogP contribution is 2.31. The van der Waals surface area contributed by atoms with E-state index in [1.165, 1.54) is 0 Å². The Balaban J connectivity index is 2.53.